The van der Waals surface area contributed by atoms with E-state index in [4.69, 9.17) is 9.84 Å². The summed E-state index contributed by atoms with van der Waals surface area (Å²) in [5.74, 6) is -0.773. The molecule has 0 aliphatic rings. The fourth-order valence-electron chi connectivity index (χ4n) is 3.52. The van der Waals surface area contributed by atoms with Crippen LogP contribution >= 0.6 is 0 Å². The number of benzene rings is 2. The van der Waals surface area contributed by atoms with E-state index in [1.54, 1.807) is 36.4 Å². The van der Waals surface area contributed by atoms with Crippen LogP contribution in [0.4, 0.5) is 13.2 Å². The number of hydrogen-bond donors (Lipinski definition) is 2. The smallest absolute Gasteiger partial charge is 0.417 e. The van der Waals surface area contributed by atoms with E-state index in [1.165, 1.54) is 6.07 Å². The lowest BCUT2D eigenvalue weighted by Crippen LogP contribution is -2.25. The topological polar surface area (TPSA) is 88.5 Å². The number of carboxylic acid groups (broad SMARTS) is 1. The highest BCUT2D eigenvalue weighted by atomic mass is 19.4. The van der Waals surface area contributed by atoms with Gasteiger partial charge < -0.3 is 15.2 Å². The lowest BCUT2D eigenvalue weighted by atomic mass is 10.0. The molecule has 6 nitrogen and oxygen atoms in total. The number of unbranched alkanes of at least 4 members (excludes halogenated alkanes) is 1. The number of aliphatic carboxylic acids is 1. The highest BCUT2D eigenvalue weighted by Crippen LogP contribution is 2.31. The molecule has 1 amide bonds. The van der Waals surface area contributed by atoms with Crippen LogP contribution in [0, 0.1) is 0 Å². The van der Waals surface area contributed by atoms with Gasteiger partial charge in [-0.05, 0) is 54.8 Å². The van der Waals surface area contributed by atoms with Gasteiger partial charge in [0.05, 0.1) is 17.7 Å². The van der Waals surface area contributed by atoms with Gasteiger partial charge in [-0.1, -0.05) is 37.6 Å². The second-order valence-corrected chi connectivity index (χ2v) is 8.22. The SMILES string of the molecule is CCCCC(Oc1ccc(C(=O)NCCC(=O)O)cc1)c1ccc(-c2ccc(C(F)(F)F)cn2)cc1. The van der Waals surface area contributed by atoms with E-state index in [-0.39, 0.29) is 25.0 Å². The van der Waals surface area contributed by atoms with Crippen molar-refractivity contribution in [2.24, 2.45) is 0 Å². The summed E-state index contributed by atoms with van der Waals surface area (Å²) in [6, 6.07) is 16.3. The van der Waals surface area contributed by atoms with Crippen LogP contribution < -0.4 is 10.1 Å². The lowest BCUT2D eigenvalue weighted by molar-refractivity contribution is -0.138. The van der Waals surface area contributed by atoms with E-state index < -0.39 is 17.7 Å². The van der Waals surface area contributed by atoms with E-state index >= 15 is 0 Å². The molecule has 0 saturated heterocycles. The van der Waals surface area contributed by atoms with Gasteiger partial charge in [-0.25, -0.2) is 0 Å². The summed E-state index contributed by atoms with van der Waals surface area (Å²) < 4.78 is 44.6. The summed E-state index contributed by atoms with van der Waals surface area (Å²) in [6.45, 7) is 2.12. The van der Waals surface area contributed by atoms with E-state index in [9.17, 15) is 22.8 Å². The number of carbonyl (C=O) groups excluding carboxylic acids is 1. The number of carboxylic acids is 1. The molecule has 9 heteroatoms. The normalized spacial score (nSPS) is 12.1. The van der Waals surface area contributed by atoms with Crippen LogP contribution in [0.1, 0.15) is 60.2 Å². The molecule has 36 heavy (non-hydrogen) atoms. The molecule has 0 spiro atoms. The lowest BCUT2D eigenvalue weighted by Gasteiger charge is -2.20. The van der Waals surface area contributed by atoms with Crippen molar-refractivity contribution in [1.29, 1.82) is 0 Å². The van der Waals surface area contributed by atoms with Crippen molar-refractivity contribution in [3.63, 3.8) is 0 Å². The largest absolute Gasteiger partial charge is 0.486 e. The molecule has 0 radical (unpaired) electrons. The minimum atomic E-state index is -4.43. The Morgan fingerprint density at radius 2 is 1.72 bits per heavy atom. The molecule has 0 aliphatic carbocycles. The molecule has 2 aromatic carbocycles. The molecule has 3 rings (SSSR count). The summed E-state index contributed by atoms with van der Waals surface area (Å²) in [6.07, 6.45) is -1.35. The number of alkyl halides is 3. The Hall–Kier alpha value is -3.88. The van der Waals surface area contributed by atoms with Gasteiger partial charge in [0, 0.05) is 23.9 Å². The molecule has 1 heterocycles. The fraction of sp³-hybridized carbons (Fsp3) is 0.296. The van der Waals surface area contributed by atoms with Crippen molar-refractivity contribution in [1.82, 2.24) is 10.3 Å². The highest BCUT2D eigenvalue weighted by molar-refractivity contribution is 5.94. The van der Waals surface area contributed by atoms with Crippen molar-refractivity contribution in [2.75, 3.05) is 6.54 Å². The van der Waals surface area contributed by atoms with Crippen LogP contribution in [0.25, 0.3) is 11.3 Å². The summed E-state index contributed by atoms with van der Waals surface area (Å²) in [4.78, 5) is 26.7. The van der Waals surface area contributed by atoms with Gasteiger partial charge >= 0.3 is 12.1 Å². The van der Waals surface area contributed by atoms with Gasteiger partial charge in [-0.3, -0.25) is 14.6 Å². The van der Waals surface area contributed by atoms with E-state index in [0.717, 1.165) is 37.1 Å². The fourth-order valence-corrected chi connectivity index (χ4v) is 3.52. The zero-order valence-electron chi connectivity index (χ0n) is 19.7. The molecule has 190 valence electrons. The number of hydrogen-bond acceptors (Lipinski definition) is 4. The molecular weight excluding hydrogens is 473 g/mol. The minimum absolute atomic E-state index is 0.0451. The predicted octanol–water partition coefficient (Wildman–Crippen LogP) is 6.28. The molecule has 1 unspecified atom stereocenters. The maximum absolute atomic E-state index is 12.8. The van der Waals surface area contributed by atoms with Gasteiger partial charge in [0.1, 0.15) is 11.9 Å². The Balaban J connectivity index is 1.69. The summed E-state index contributed by atoms with van der Waals surface area (Å²) in [5, 5.41) is 11.2. The first-order valence-corrected chi connectivity index (χ1v) is 11.6. The third-order valence-electron chi connectivity index (χ3n) is 5.51. The predicted molar refractivity (Wildman–Crippen MR) is 129 cm³/mol. The Kier molecular flexibility index (Phi) is 9.05. The first-order valence-electron chi connectivity index (χ1n) is 11.6. The highest BCUT2D eigenvalue weighted by Gasteiger charge is 2.30. The standard InChI is InChI=1S/C27H27F3N2O4/c1-2-3-4-24(36-22-12-9-20(10-13-22)26(35)31-16-15-25(33)34)19-7-5-18(6-8-19)23-14-11-21(17-32-23)27(28,29)30/h5-14,17,24H,2-4,15-16H2,1H3,(H,31,35)(H,33,34). The molecule has 0 saturated carbocycles. The summed E-state index contributed by atoms with van der Waals surface area (Å²) in [5.41, 5.74) is 1.65. The zero-order chi connectivity index (χ0) is 26.1. The average Bonchev–Trinajstić information content (AvgIpc) is 2.86. The van der Waals surface area contributed by atoms with Crippen LogP contribution in [-0.4, -0.2) is 28.5 Å². The second-order valence-electron chi connectivity index (χ2n) is 8.22. The second kappa shape index (κ2) is 12.2. The third kappa shape index (κ3) is 7.56. The zero-order valence-corrected chi connectivity index (χ0v) is 19.7. The Labute approximate surface area is 207 Å². The molecule has 0 fully saturated rings. The first-order chi connectivity index (χ1) is 17.2. The number of ether oxygens (including phenoxy) is 1. The van der Waals surface area contributed by atoms with E-state index in [0.29, 0.717) is 22.6 Å². The van der Waals surface area contributed by atoms with Gasteiger partial charge in [0.15, 0.2) is 0 Å². The Morgan fingerprint density at radius 1 is 1.03 bits per heavy atom. The van der Waals surface area contributed by atoms with Crippen LogP contribution in [0.5, 0.6) is 5.75 Å². The summed E-state index contributed by atoms with van der Waals surface area (Å²) >= 11 is 0. The molecule has 1 atom stereocenters. The molecule has 1 aromatic heterocycles. The van der Waals surface area contributed by atoms with Crippen LogP contribution in [-0.2, 0) is 11.0 Å². The Morgan fingerprint density at radius 3 is 2.28 bits per heavy atom. The van der Waals surface area contributed by atoms with Gasteiger partial charge in [0.2, 0.25) is 0 Å². The van der Waals surface area contributed by atoms with Crippen molar-refractivity contribution in [2.45, 2.75) is 44.9 Å². The van der Waals surface area contributed by atoms with E-state index in [1.807, 2.05) is 12.1 Å². The van der Waals surface area contributed by atoms with Crippen molar-refractivity contribution >= 4 is 11.9 Å². The number of amides is 1. The van der Waals surface area contributed by atoms with Crippen molar-refractivity contribution < 1.29 is 32.6 Å². The van der Waals surface area contributed by atoms with Crippen LogP contribution in [0.15, 0.2) is 66.9 Å². The maximum Gasteiger partial charge on any atom is 0.417 e. The monoisotopic (exact) mass is 500 g/mol. The number of pyridine rings is 1. The number of halogens is 3. The Bertz CT molecular complexity index is 1150. The number of nitrogens with one attached hydrogen (secondary N) is 1. The van der Waals surface area contributed by atoms with Crippen LogP contribution in [0.3, 0.4) is 0 Å². The van der Waals surface area contributed by atoms with Crippen molar-refractivity contribution in [3.8, 4) is 17.0 Å². The number of rotatable bonds is 11. The number of nitrogens with zero attached hydrogens (tertiary/aromatic N) is 1. The third-order valence-corrected chi connectivity index (χ3v) is 5.51. The first kappa shape index (κ1) is 26.7. The number of aromatic nitrogens is 1. The average molecular weight is 501 g/mol. The van der Waals surface area contributed by atoms with Gasteiger partial charge in [-0.15, -0.1) is 0 Å². The quantitative estimate of drug-likeness (QED) is 0.323. The minimum Gasteiger partial charge on any atom is -0.486 e. The maximum atomic E-state index is 12.8. The molecule has 0 aliphatic heterocycles. The van der Waals surface area contributed by atoms with E-state index in [2.05, 4.69) is 17.2 Å². The molecule has 2 N–H and O–H groups in total. The van der Waals surface area contributed by atoms with Gasteiger partial charge in [0.25, 0.3) is 5.91 Å². The van der Waals surface area contributed by atoms with Crippen molar-refractivity contribution in [3.05, 3.63) is 83.6 Å². The number of carbonyl (C=O) groups is 2. The molecule has 0 bridgehead atoms. The van der Waals surface area contributed by atoms with Gasteiger partial charge in [-0.2, -0.15) is 13.2 Å². The van der Waals surface area contributed by atoms with Crippen LogP contribution in [0.2, 0.25) is 0 Å². The molecule has 3 aromatic rings. The molecular formula is C27H27F3N2O4. The summed E-state index contributed by atoms with van der Waals surface area (Å²) in [7, 11) is 0.